The number of hydrogen-bond donors (Lipinski definition) is 0. The second-order valence-electron chi connectivity index (χ2n) is 7.70. The van der Waals surface area contributed by atoms with Gasteiger partial charge in [0.05, 0.1) is 35.4 Å². The van der Waals surface area contributed by atoms with Gasteiger partial charge in [-0.1, -0.05) is 30.3 Å². The van der Waals surface area contributed by atoms with Gasteiger partial charge in [-0.2, -0.15) is 0 Å². The Morgan fingerprint density at radius 1 is 0.743 bits per heavy atom. The van der Waals surface area contributed by atoms with Crippen molar-refractivity contribution in [3.8, 4) is 28.7 Å². The summed E-state index contributed by atoms with van der Waals surface area (Å²) in [4.78, 5) is 38.7. The van der Waals surface area contributed by atoms with E-state index >= 15 is 0 Å². The van der Waals surface area contributed by atoms with E-state index in [0.29, 0.717) is 46.2 Å². The Kier molecular flexibility index (Phi) is 5.93. The molecular formula is C27H22N4O4. The number of imidazole rings is 1. The van der Waals surface area contributed by atoms with E-state index in [0.717, 1.165) is 11.3 Å². The Bertz CT molecular complexity index is 1490. The van der Waals surface area contributed by atoms with Gasteiger partial charge in [0.25, 0.3) is 0 Å². The Balaban J connectivity index is 1.73. The van der Waals surface area contributed by atoms with Crippen LogP contribution in [-0.2, 0) is 9.47 Å². The van der Waals surface area contributed by atoms with Crippen LogP contribution in [0.3, 0.4) is 0 Å². The highest BCUT2D eigenvalue weighted by Crippen LogP contribution is 2.31. The van der Waals surface area contributed by atoms with Crippen LogP contribution in [-0.4, -0.2) is 44.7 Å². The van der Waals surface area contributed by atoms with E-state index in [9.17, 15) is 9.59 Å². The molecule has 0 bridgehead atoms. The minimum atomic E-state index is -0.419. The average Bonchev–Trinajstić information content (AvgIpc) is 3.31. The van der Waals surface area contributed by atoms with Crippen molar-refractivity contribution in [3.05, 3.63) is 83.9 Å². The molecule has 3 aromatic carbocycles. The van der Waals surface area contributed by atoms with E-state index in [1.165, 1.54) is 0 Å². The smallest absolute Gasteiger partial charge is 0.338 e. The number of benzene rings is 3. The molecule has 2 aliphatic rings. The molecule has 0 saturated carbocycles. The second-order valence-corrected chi connectivity index (χ2v) is 7.70. The van der Waals surface area contributed by atoms with Gasteiger partial charge in [-0.15, -0.1) is 0 Å². The highest BCUT2D eigenvalue weighted by molar-refractivity contribution is 5.95. The van der Waals surface area contributed by atoms with Gasteiger partial charge in [-0.3, -0.25) is 4.57 Å². The SMILES string of the molecule is CCOC(=O)c1ccc(-n2c3nc(-c4ccccc4)nc-3nc3ccc(C(=O)OCC)cc32)cc1. The molecule has 5 rings (SSSR count). The van der Waals surface area contributed by atoms with Gasteiger partial charge in [0.2, 0.25) is 0 Å². The molecule has 3 aromatic rings. The molecule has 0 amide bonds. The Hall–Kier alpha value is -4.59. The fourth-order valence-corrected chi connectivity index (χ4v) is 3.86. The highest BCUT2D eigenvalue weighted by Gasteiger charge is 2.22. The molecule has 0 N–H and O–H groups in total. The monoisotopic (exact) mass is 466 g/mol. The van der Waals surface area contributed by atoms with Gasteiger partial charge in [0.1, 0.15) is 0 Å². The molecule has 0 saturated heterocycles. The van der Waals surface area contributed by atoms with Crippen molar-refractivity contribution in [2.75, 3.05) is 13.2 Å². The van der Waals surface area contributed by atoms with Gasteiger partial charge in [0.15, 0.2) is 17.5 Å². The maximum Gasteiger partial charge on any atom is 0.338 e. The predicted molar refractivity (Wildman–Crippen MR) is 131 cm³/mol. The van der Waals surface area contributed by atoms with Crippen LogP contribution in [0.25, 0.3) is 39.8 Å². The molecule has 8 heteroatoms. The largest absolute Gasteiger partial charge is 0.462 e. The predicted octanol–water partition coefficient (Wildman–Crippen LogP) is 4.94. The number of rotatable bonds is 6. The summed E-state index contributed by atoms with van der Waals surface area (Å²) in [5.41, 5.74) is 3.74. The average molecular weight is 466 g/mol. The normalized spacial score (nSPS) is 11.0. The van der Waals surface area contributed by atoms with E-state index < -0.39 is 11.9 Å². The molecule has 0 spiro atoms. The number of carbonyl (C=O) groups is 2. The quantitative estimate of drug-likeness (QED) is 0.327. The van der Waals surface area contributed by atoms with Crippen molar-refractivity contribution in [3.63, 3.8) is 0 Å². The third-order valence-corrected chi connectivity index (χ3v) is 5.46. The Morgan fingerprint density at radius 3 is 2.09 bits per heavy atom. The first-order valence-corrected chi connectivity index (χ1v) is 11.3. The zero-order valence-corrected chi connectivity index (χ0v) is 19.3. The minimum Gasteiger partial charge on any atom is -0.462 e. The summed E-state index contributed by atoms with van der Waals surface area (Å²) in [6, 6.07) is 21.8. The number of fused-ring (bicyclic) bond motifs is 2. The summed E-state index contributed by atoms with van der Waals surface area (Å²) in [5.74, 6) is 0.733. The fourth-order valence-electron chi connectivity index (χ4n) is 3.86. The summed E-state index contributed by atoms with van der Waals surface area (Å²) in [5, 5.41) is 0. The fraction of sp³-hybridized carbons (Fsp3) is 0.148. The number of aromatic nitrogens is 4. The van der Waals surface area contributed by atoms with Gasteiger partial charge >= 0.3 is 11.9 Å². The Labute approximate surface area is 201 Å². The van der Waals surface area contributed by atoms with Crippen molar-refractivity contribution in [2.45, 2.75) is 13.8 Å². The molecule has 8 nitrogen and oxygen atoms in total. The molecular weight excluding hydrogens is 444 g/mol. The number of ether oxygens (including phenoxy) is 2. The van der Waals surface area contributed by atoms with Crippen molar-refractivity contribution >= 4 is 23.0 Å². The summed E-state index contributed by atoms with van der Waals surface area (Å²) >= 11 is 0. The summed E-state index contributed by atoms with van der Waals surface area (Å²) in [7, 11) is 0. The maximum atomic E-state index is 12.4. The van der Waals surface area contributed by atoms with Gasteiger partial charge in [-0.25, -0.2) is 24.5 Å². The summed E-state index contributed by atoms with van der Waals surface area (Å²) in [6.07, 6.45) is 0. The topological polar surface area (TPSA) is 96.2 Å². The van der Waals surface area contributed by atoms with Crippen LogP contribution in [0.15, 0.2) is 72.8 Å². The summed E-state index contributed by atoms with van der Waals surface area (Å²) < 4.78 is 12.2. The third kappa shape index (κ3) is 4.21. The van der Waals surface area contributed by atoms with E-state index in [2.05, 4.69) is 4.98 Å². The molecule has 2 heterocycles. The molecule has 0 fully saturated rings. The lowest BCUT2D eigenvalue weighted by molar-refractivity contribution is 0.0517. The van der Waals surface area contributed by atoms with E-state index in [1.807, 2.05) is 34.9 Å². The Morgan fingerprint density at radius 2 is 1.40 bits per heavy atom. The molecule has 174 valence electrons. The van der Waals surface area contributed by atoms with Crippen LogP contribution in [0.1, 0.15) is 34.6 Å². The standard InChI is InChI=1S/C27H22N4O4/c1-3-34-26(32)18-10-13-20(14-11-18)31-22-16-19(27(33)35-4-2)12-15-21(22)28-24-25(31)30-23(29-24)17-8-6-5-7-9-17/h5-16H,3-4H2,1-2H3. The first kappa shape index (κ1) is 22.2. The first-order valence-electron chi connectivity index (χ1n) is 11.3. The lowest BCUT2D eigenvalue weighted by Gasteiger charge is -2.15. The third-order valence-electron chi connectivity index (χ3n) is 5.46. The number of carbonyl (C=O) groups excluding carboxylic acids is 2. The van der Waals surface area contributed by atoms with Gasteiger partial charge < -0.3 is 9.47 Å². The van der Waals surface area contributed by atoms with Crippen LogP contribution in [0.5, 0.6) is 0 Å². The van der Waals surface area contributed by atoms with Gasteiger partial charge in [-0.05, 0) is 56.3 Å². The molecule has 0 unspecified atom stereocenters. The molecule has 35 heavy (non-hydrogen) atoms. The molecule has 0 aromatic heterocycles. The van der Waals surface area contributed by atoms with E-state index in [-0.39, 0.29) is 6.61 Å². The number of hydrogen-bond acceptors (Lipinski definition) is 7. The van der Waals surface area contributed by atoms with Crippen LogP contribution >= 0.6 is 0 Å². The molecule has 2 aliphatic heterocycles. The van der Waals surface area contributed by atoms with Crippen molar-refractivity contribution in [1.29, 1.82) is 0 Å². The lowest BCUT2D eigenvalue weighted by Crippen LogP contribution is -2.09. The van der Waals surface area contributed by atoms with Crippen LogP contribution in [0.4, 0.5) is 0 Å². The number of esters is 2. The highest BCUT2D eigenvalue weighted by atomic mass is 16.5. The zero-order valence-electron chi connectivity index (χ0n) is 19.3. The van der Waals surface area contributed by atoms with Crippen LogP contribution < -0.4 is 0 Å². The minimum absolute atomic E-state index is 0.276. The van der Waals surface area contributed by atoms with Crippen molar-refractivity contribution in [2.24, 2.45) is 0 Å². The maximum absolute atomic E-state index is 12.4. The van der Waals surface area contributed by atoms with E-state index in [1.54, 1.807) is 56.3 Å². The molecule has 0 atom stereocenters. The lowest BCUT2D eigenvalue weighted by atomic mass is 10.1. The zero-order chi connectivity index (χ0) is 24.4. The first-order chi connectivity index (χ1) is 17.1. The molecule has 0 radical (unpaired) electrons. The van der Waals surface area contributed by atoms with Crippen molar-refractivity contribution in [1.82, 2.24) is 19.5 Å². The number of nitrogens with zero attached hydrogens (tertiary/aromatic N) is 4. The van der Waals surface area contributed by atoms with Crippen LogP contribution in [0, 0.1) is 0 Å². The summed E-state index contributed by atoms with van der Waals surface area (Å²) in [6.45, 7) is 4.10. The van der Waals surface area contributed by atoms with Crippen molar-refractivity contribution < 1.29 is 19.1 Å². The van der Waals surface area contributed by atoms with E-state index in [4.69, 9.17) is 19.4 Å². The molecule has 0 aliphatic carbocycles. The van der Waals surface area contributed by atoms with Gasteiger partial charge in [0, 0.05) is 11.3 Å². The second kappa shape index (κ2) is 9.34. The van der Waals surface area contributed by atoms with Crippen LogP contribution in [0.2, 0.25) is 0 Å².